The van der Waals surface area contributed by atoms with Crippen LogP contribution >= 0.6 is 0 Å². The normalized spacial score (nSPS) is 10.5. The molecule has 0 aliphatic rings. The van der Waals surface area contributed by atoms with Gasteiger partial charge in [0.25, 0.3) is 5.91 Å². The number of rotatable bonds is 5. The Balaban J connectivity index is 2.02. The Morgan fingerprint density at radius 2 is 2.15 bits per heavy atom. The van der Waals surface area contributed by atoms with Crippen molar-refractivity contribution < 1.29 is 14.7 Å². The zero-order chi connectivity index (χ0) is 14.7. The number of amides is 1. The molecule has 2 heterocycles. The molecule has 0 atom stereocenters. The van der Waals surface area contributed by atoms with Crippen LogP contribution < -0.4 is 0 Å². The lowest BCUT2D eigenvalue weighted by Gasteiger charge is -2.13. The average Bonchev–Trinajstić information content (AvgIpc) is 2.97. The van der Waals surface area contributed by atoms with Crippen LogP contribution in [0.2, 0.25) is 0 Å². The van der Waals surface area contributed by atoms with Gasteiger partial charge < -0.3 is 10.0 Å². The Morgan fingerprint density at radius 3 is 2.75 bits per heavy atom. The number of aliphatic carboxylic acids is 1. The minimum atomic E-state index is -1.04. The molecule has 0 aromatic carbocycles. The van der Waals surface area contributed by atoms with Gasteiger partial charge in [-0.25, -0.2) is 4.68 Å². The van der Waals surface area contributed by atoms with Crippen molar-refractivity contribution in [2.75, 3.05) is 7.05 Å². The van der Waals surface area contributed by atoms with E-state index in [1.165, 1.54) is 11.1 Å². The topological polar surface area (TPSA) is 106 Å². The monoisotopic (exact) mass is 278 g/mol. The van der Waals surface area contributed by atoms with E-state index < -0.39 is 5.97 Å². The molecule has 20 heavy (non-hydrogen) atoms. The fourth-order valence-corrected chi connectivity index (χ4v) is 1.71. The van der Waals surface area contributed by atoms with Crippen LogP contribution in [-0.4, -0.2) is 53.7 Å². The number of hydrogen-bond acceptors (Lipinski definition) is 5. The Morgan fingerprint density at radius 1 is 1.40 bits per heavy atom. The van der Waals surface area contributed by atoms with E-state index in [1.54, 1.807) is 25.0 Å². The van der Waals surface area contributed by atoms with Gasteiger partial charge in [-0.1, -0.05) is 5.21 Å². The summed E-state index contributed by atoms with van der Waals surface area (Å²) in [5.41, 5.74) is 0.999. The smallest absolute Gasteiger partial charge is 0.325 e. The van der Waals surface area contributed by atoms with Gasteiger partial charge in [-0.2, -0.15) is 5.10 Å². The molecule has 0 saturated heterocycles. The van der Waals surface area contributed by atoms with Crippen LogP contribution in [0, 0.1) is 0 Å². The highest BCUT2D eigenvalue weighted by molar-refractivity contribution is 5.91. The molecule has 2 aromatic heterocycles. The molecule has 2 rings (SSSR count). The van der Waals surface area contributed by atoms with E-state index in [0.717, 1.165) is 10.2 Å². The van der Waals surface area contributed by atoms with E-state index in [1.807, 2.05) is 6.20 Å². The summed E-state index contributed by atoms with van der Waals surface area (Å²) in [6, 6.07) is 0. The molecule has 9 heteroatoms. The summed E-state index contributed by atoms with van der Waals surface area (Å²) >= 11 is 0. The van der Waals surface area contributed by atoms with Gasteiger partial charge in [-0.05, 0) is 0 Å². The van der Waals surface area contributed by atoms with Crippen LogP contribution in [0.3, 0.4) is 0 Å². The summed E-state index contributed by atoms with van der Waals surface area (Å²) in [5.74, 6) is -1.37. The fraction of sp³-hybridized carbons (Fsp3) is 0.364. The van der Waals surface area contributed by atoms with Crippen LogP contribution in [0.4, 0.5) is 0 Å². The Hall–Kier alpha value is -2.71. The summed E-state index contributed by atoms with van der Waals surface area (Å²) in [7, 11) is 3.42. The molecule has 9 nitrogen and oxygen atoms in total. The standard InChI is InChI=1S/C11H14N6O3/c1-15(4-8-3-12-16(2)5-8)11(20)9-6-17(14-13-9)7-10(18)19/h3,5-6H,4,7H2,1-2H3,(H,18,19). The molecule has 0 aliphatic heterocycles. The van der Waals surface area contributed by atoms with Gasteiger partial charge in [0.15, 0.2) is 5.69 Å². The number of carboxylic acid groups (broad SMARTS) is 1. The summed E-state index contributed by atoms with van der Waals surface area (Å²) in [4.78, 5) is 24.1. The third-order valence-corrected chi connectivity index (χ3v) is 2.58. The van der Waals surface area contributed by atoms with E-state index in [-0.39, 0.29) is 18.1 Å². The summed E-state index contributed by atoms with van der Waals surface area (Å²) in [6.07, 6.45) is 4.80. The average molecular weight is 278 g/mol. The first-order chi connectivity index (χ1) is 9.45. The molecule has 0 saturated carbocycles. The third kappa shape index (κ3) is 3.19. The van der Waals surface area contributed by atoms with Crippen molar-refractivity contribution in [2.45, 2.75) is 13.1 Å². The van der Waals surface area contributed by atoms with Gasteiger partial charge in [-0.3, -0.25) is 14.3 Å². The van der Waals surface area contributed by atoms with Crippen molar-refractivity contribution >= 4 is 11.9 Å². The maximum absolute atomic E-state index is 12.1. The number of nitrogens with zero attached hydrogens (tertiary/aromatic N) is 6. The highest BCUT2D eigenvalue weighted by atomic mass is 16.4. The van der Waals surface area contributed by atoms with Crippen molar-refractivity contribution in [3.8, 4) is 0 Å². The molecular weight excluding hydrogens is 264 g/mol. The number of hydrogen-bond donors (Lipinski definition) is 1. The molecule has 0 spiro atoms. The first kappa shape index (κ1) is 13.7. The highest BCUT2D eigenvalue weighted by Gasteiger charge is 2.17. The number of carbonyl (C=O) groups excluding carboxylic acids is 1. The first-order valence-corrected chi connectivity index (χ1v) is 5.80. The number of aryl methyl sites for hydroxylation is 1. The van der Waals surface area contributed by atoms with Crippen molar-refractivity contribution in [1.29, 1.82) is 0 Å². The number of carboxylic acids is 1. The largest absolute Gasteiger partial charge is 0.480 e. The van der Waals surface area contributed by atoms with E-state index in [0.29, 0.717) is 6.54 Å². The Kier molecular flexibility index (Phi) is 3.78. The molecule has 0 unspecified atom stereocenters. The molecule has 0 bridgehead atoms. The fourth-order valence-electron chi connectivity index (χ4n) is 1.71. The molecule has 1 amide bonds. The maximum atomic E-state index is 12.1. The summed E-state index contributed by atoms with van der Waals surface area (Å²) in [5, 5.41) is 19.9. The van der Waals surface area contributed by atoms with Crippen molar-refractivity contribution in [2.24, 2.45) is 7.05 Å². The number of carbonyl (C=O) groups is 2. The molecule has 1 N–H and O–H groups in total. The lowest BCUT2D eigenvalue weighted by molar-refractivity contribution is -0.137. The van der Waals surface area contributed by atoms with Gasteiger partial charge in [0, 0.05) is 32.4 Å². The SMILES string of the molecule is CN(Cc1cnn(C)c1)C(=O)c1cn(CC(=O)O)nn1. The van der Waals surface area contributed by atoms with Crippen molar-refractivity contribution in [3.63, 3.8) is 0 Å². The lowest BCUT2D eigenvalue weighted by Crippen LogP contribution is -2.26. The predicted molar refractivity (Wildman–Crippen MR) is 66.7 cm³/mol. The van der Waals surface area contributed by atoms with Crippen LogP contribution in [0.5, 0.6) is 0 Å². The predicted octanol–water partition coefficient (Wildman–Crippen LogP) is -0.632. The minimum Gasteiger partial charge on any atom is -0.480 e. The zero-order valence-electron chi connectivity index (χ0n) is 11.1. The summed E-state index contributed by atoms with van der Waals surface area (Å²) < 4.78 is 2.75. The molecule has 0 fully saturated rings. The van der Waals surface area contributed by atoms with Crippen LogP contribution in [0.15, 0.2) is 18.6 Å². The second kappa shape index (κ2) is 5.51. The van der Waals surface area contributed by atoms with E-state index in [2.05, 4.69) is 15.4 Å². The van der Waals surface area contributed by atoms with Gasteiger partial charge in [0.2, 0.25) is 0 Å². The zero-order valence-corrected chi connectivity index (χ0v) is 11.1. The molecule has 0 aliphatic carbocycles. The second-order valence-electron chi connectivity index (χ2n) is 4.38. The molecular formula is C11H14N6O3. The van der Waals surface area contributed by atoms with Crippen molar-refractivity contribution in [3.05, 3.63) is 29.8 Å². The van der Waals surface area contributed by atoms with E-state index in [9.17, 15) is 9.59 Å². The Bertz CT molecular complexity index is 632. The first-order valence-electron chi connectivity index (χ1n) is 5.80. The highest BCUT2D eigenvalue weighted by Crippen LogP contribution is 2.05. The Labute approximate surface area is 114 Å². The van der Waals surface area contributed by atoms with Crippen molar-refractivity contribution in [1.82, 2.24) is 29.7 Å². The second-order valence-corrected chi connectivity index (χ2v) is 4.38. The molecule has 0 radical (unpaired) electrons. The molecule has 106 valence electrons. The minimum absolute atomic E-state index is 0.109. The van der Waals surface area contributed by atoms with E-state index >= 15 is 0 Å². The van der Waals surface area contributed by atoms with Gasteiger partial charge in [0.1, 0.15) is 6.54 Å². The maximum Gasteiger partial charge on any atom is 0.325 e. The third-order valence-electron chi connectivity index (χ3n) is 2.58. The van der Waals surface area contributed by atoms with Gasteiger partial charge >= 0.3 is 5.97 Å². The van der Waals surface area contributed by atoms with Crippen LogP contribution in [0.1, 0.15) is 16.1 Å². The summed E-state index contributed by atoms with van der Waals surface area (Å²) in [6.45, 7) is 0.0606. The molecule has 2 aromatic rings. The number of aromatic nitrogens is 5. The lowest BCUT2D eigenvalue weighted by atomic mass is 10.3. The van der Waals surface area contributed by atoms with E-state index in [4.69, 9.17) is 5.11 Å². The quantitative estimate of drug-likeness (QED) is 0.780. The van der Waals surface area contributed by atoms with Gasteiger partial charge in [0.05, 0.1) is 12.4 Å². The van der Waals surface area contributed by atoms with Crippen LogP contribution in [0.25, 0.3) is 0 Å². The van der Waals surface area contributed by atoms with Crippen LogP contribution in [-0.2, 0) is 24.9 Å². The van der Waals surface area contributed by atoms with Gasteiger partial charge in [-0.15, -0.1) is 5.10 Å².